The number of nitrogens with one attached hydrogen (secondary N) is 1. The molecule has 0 saturated carbocycles. The molecule has 1 saturated heterocycles. The number of benzene rings is 1. The fourth-order valence-electron chi connectivity index (χ4n) is 2.46. The highest BCUT2D eigenvalue weighted by molar-refractivity contribution is 6.09. The molecule has 0 spiro atoms. The summed E-state index contributed by atoms with van der Waals surface area (Å²) in [5, 5.41) is 2.79. The lowest BCUT2D eigenvalue weighted by Crippen LogP contribution is -2.28. The summed E-state index contributed by atoms with van der Waals surface area (Å²) in [5.41, 5.74) is 1.36. The number of allylic oxidation sites excluding steroid dienone is 1. The first-order chi connectivity index (χ1) is 10.2. The number of hydrogen-bond donors (Lipinski definition) is 1. The van der Waals surface area contributed by atoms with E-state index in [0.29, 0.717) is 25.3 Å². The average Bonchev–Trinajstić information content (AvgIpc) is 2.79. The number of nitrogens with zero attached hydrogens (tertiary/aromatic N) is 1. The van der Waals surface area contributed by atoms with Crippen molar-refractivity contribution < 1.29 is 9.53 Å². The van der Waals surface area contributed by atoms with Crippen LogP contribution in [0.25, 0.3) is 0 Å². The summed E-state index contributed by atoms with van der Waals surface area (Å²) in [6.45, 7) is 5.18. The Kier molecular flexibility index (Phi) is 3.58. The van der Waals surface area contributed by atoms with Gasteiger partial charge in [-0.05, 0) is 5.56 Å². The minimum Gasteiger partial charge on any atom is -0.380 e. The van der Waals surface area contributed by atoms with Gasteiger partial charge in [-0.2, -0.15) is 0 Å². The standard InChI is InChI=1S/C16H16N2O3/c1-2-7-18-16(20)14(8-17-18)15(19)13-6-4-3-5-12(13)11-9-21-10-11/h2-6,8,11,17H,1,7,9-10H2. The summed E-state index contributed by atoms with van der Waals surface area (Å²) in [4.78, 5) is 24.8. The van der Waals surface area contributed by atoms with Gasteiger partial charge in [0.15, 0.2) is 5.78 Å². The Bertz CT molecular complexity index is 738. The third-order valence-electron chi connectivity index (χ3n) is 3.68. The summed E-state index contributed by atoms with van der Waals surface area (Å²) in [7, 11) is 0. The monoisotopic (exact) mass is 284 g/mol. The molecule has 1 aromatic heterocycles. The SMILES string of the molecule is C=CCn1[nH]cc(C(=O)c2ccccc2C2COC2)c1=O. The lowest BCUT2D eigenvalue weighted by molar-refractivity contribution is 0.00817. The number of rotatable bonds is 5. The second-order valence-corrected chi connectivity index (χ2v) is 5.04. The predicted molar refractivity (Wildman–Crippen MR) is 78.7 cm³/mol. The van der Waals surface area contributed by atoms with Crippen LogP contribution in [0.5, 0.6) is 0 Å². The fourth-order valence-corrected chi connectivity index (χ4v) is 2.46. The molecule has 5 nitrogen and oxygen atoms in total. The molecule has 2 aromatic rings. The van der Waals surface area contributed by atoms with Gasteiger partial charge in [0.05, 0.1) is 19.8 Å². The first-order valence-corrected chi connectivity index (χ1v) is 6.83. The van der Waals surface area contributed by atoms with Crippen LogP contribution < -0.4 is 5.56 Å². The number of hydrogen-bond acceptors (Lipinski definition) is 3. The van der Waals surface area contributed by atoms with Crippen molar-refractivity contribution in [1.29, 1.82) is 0 Å². The second kappa shape index (κ2) is 5.54. The highest BCUT2D eigenvalue weighted by atomic mass is 16.5. The summed E-state index contributed by atoms with van der Waals surface area (Å²) in [5.74, 6) is -0.0129. The van der Waals surface area contributed by atoms with Crippen LogP contribution in [0.1, 0.15) is 27.4 Å². The predicted octanol–water partition coefficient (Wildman–Crippen LogP) is 1.71. The van der Waals surface area contributed by atoms with Crippen LogP contribution in [0.4, 0.5) is 0 Å². The van der Waals surface area contributed by atoms with Crippen LogP contribution in [-0.4, -0.2) is 28.8 Å². The average molecular weight is 284 g/mol. The Morgan fingerprint density at radius 2 is 2.14 bits per heavy atom. The van der Waals surface area contributed by atoms with E-state index in [4.69, 9.17) is 4.74 Å². The number of carbonyl (C=O) groups is 1. The molecule has 5 heteroatoms. The van der Waals surface area contributed by atoms with E-state index in [-0.39, 0.29) is 22.8 Å². The maximum absolute atomic E-state index is 12.7. The van der Waals surface area contributed by atoms with Gasteiger partial charge < -0.3 is 9.84 Å². The van der Waals surface area contributed by atoms with Crippen molar-refractivity contribution in [2.24, 2.45) is 0 Å². The zero-order chi connectivity index (χ0) is 14.8. The normalized spacial score (nSPS) is 14.7. The number of ether oxygens (including phenoxy) is 1. The van der Waals surface area contributed by atoms with Crippen LogP contribution in [0, 0.1) is 0 Å². The molecule has 108 valence electrons. The van der Waals surface area contributed by atoms with Gasteiger partial charge >= 0.3 is 0 Å². The summed E-state index contributed by atoms with van der Waals surface area (Å²) in [6, 6.07) is 7.40. The maximum Gasteiger partial charge on any atom is 0.278 e. The van der Waals surface area contributed by atoms with E-state index in [2.05, 4.69) is 11.7 Å². The van der Waals surface area contributed by atoms with Gasteiger partial charge in [0, 0.05) is 17.7 Å². The largest absolute Gasteiger partial charge is 0.380 e. The quantitative estimate of drug-likeness (QED) is 0.671. The molecule has 3 rings (SSSR count). The van der Waals surface area contributed by atoms with Crippen molar-refractivity contribution in [3.05, 3.63) is 70.2 Å². The maximum atomic E-state index is 12.7. The van der Waals surface area contributed by atoms with Crippen LogP contribution in [0.3, 0.4) is 0 Å². The van der Waals surface area contributed by atoms with Gasteiger partial charge in [-0.1, -0.05) is 30.3 Å². The first-order valence-electron chi connectivity index (χ1n) is 6.83. The second-order valence-electron chi connectivity index (χ2n) is 5.04. The Hall–Kier alpha value is -2.40. The van der Waals surface area contributed by atoms with E-state index in [9.17, 15) is 9.59 Å². The van der Waals surface area contributed by atoms with Gasteiger partial charge in [0.2, 0.25) is 0 Å². The van der Waals surface area contributed by atoms with Crippen LogP contribution >= 0.6 is 0 Å². The molecule has 0 radical (unpaired) electrons. The van der Waals surface area contributed by atoms with Crippen LogP contribution in [-0.2, 0) is 11.3 Å². The van der Waals surface area contributed by atoms with Gasteiger partial charge in [0.1, 0.15) is 5.56 Å². The highest BCUT2D eigenvalue weighted by Crippen LogP contribution is 2.27. The molecule has 1 aromatic carbocycles. The van der Waals surface area contributed by atoms with Gasteiger partial charge in [-0.25, -0.2) is 4.68 Å². The molecular weight excluding hydrogens is 268 g/mol. The zero-order valence-electron chi connectivity index (χ0n) is 11.5. The van der Waals surface area contributed by atoms with E-state index in [0.717, 1.165) is 5.56 Å². The highest BCUT2D eigenvalue weighted by Gasteiger charge is 2.26. The van der Waals surface area contributed by atoms with Gasteiger partial charge in [0.25, 0.3) is 5.56 Å². The van der Waals surface area contributed by atoms with Crippen molar-refractivity contribution in [2.45, 2.75) is 12.5 Å². The lowest BCUT2D eigenvalue weighted by atomic mass is 9.90. The minimum atomic E-state index is -0.320. The van der Waals surface area contributed by atoms with Crippen LogP contribution in [0.2, 0.25) is 0 Å². The number of ketones is 1. The van der Waals surface area contributed by atoms with Crippen molar-refractivity contribution >= 4 is 5.78 Å². The molecule has 1 aliphatic rings. The summed E-state index contributed by atoms with van der Waals surface area (Å²) < 4.78 is 6.55. The first kappa shape index (κ1) is 13.6. The molecule has 1 aliphatic heterocycles. The Labute approximate surface area is 121 Å². The Balaban J connectivity index is 1.99. The molecule has 0 atom stereocenters. The molecule has 0 bridgehead atoms. The van der Waals surface area contributed by atoms with Crippen molar-refractivity contribution in [2.75, 3.05) is 13.2 Å². The van der Waals surface area contributed by atoms with E-state index >= 15 is 0 Å². The molecule has 2 heterocycles. The molecule has 0 unspecified atom stereocenters. The molecular formula is C16H16N2O3. The number of H-pyrrole nitrogens is 1. The van der Waals surface area contributed by atoms with Gasteiger partial charge in [-0.15, -0.1) is 6.58 Å². The molecule has 1 fully saturated rings. The van der Waals surface area contributed by atoms with E-state index in [1.165, 1.54) is 10.9 Å². The van der Waals surface area contributed by atoms with Crippen molar-refractivity contribution in [3.8, 4) is 0 Å². The zero-order valence-corrected chi connectivity index (χ0v) is 11.5. The Morgan fingerprint density at radius 3 is 2.81 bits per heavy atom. The summed E-state index contributed by atoms with van der Waals surface area (Å²) in [6.07, 6.45) is 3.06. The third kappa shape index (κ3) is 2.36. The minimum absolute atomic E-state index is 0.157. The number of aromatic amines is 1. The van der Waals surface area contributed by atoms with E-state index < -0.39 is 0 Å². The number of aromatic nitrogens is 2. The smallest absolute Gasteiger partial charge is 0.278 e. The van der Waals surface area contributed by atoms with E-state index in [1.54, 1.807) is 12.1 Å². The molecule has 1 N–H and O–H groups in total. The molecule has 0 amide bonds. The lowest BCUT2D eigenvalue weighted by Gasteiger charge is -2.27. The Morgan fingerprint density at radius 1 is 1.38 bits per heavy atom. The van der Waals surface area contributed by atoms with Crippen molar-refractivity contribution in [1.82, 2.24) is 9.78 Å². The van der Waals surface area contributed by atoms with Crippen LogP contribution in [0.15, 0.2) is 47.9 Å². The van der Waals surface area contributed by atoms with Crippen molar-refractivity contribution in [3.63, 3.8) is 0 Å². The van der Waals surface area contributed by atoms with Gasteiger partial charge in [-0.3, -0.25) is 9.59 Å². The van der Waals surface area contributed by atoms with E-state index in [1.807, 2.05) is 18.2 Å². The third-order valence-corrected chi connectivity index (χ3v) is 3.68. The number of carbonyl (C=O) groups excluding carboxylic acids is 1. The topological polar surface area (TPSA) is 64.1 Å². The summed E-state index contributed by atoms with van der Waals surface area (Å²) >= 11 is 0. The fraction of sp³-hybridized carbons (Fsp3) is 0.250. The molecule has 21 heavy (non-hydrogen) atoms. The molecule has 0 aliphatic carbocycles.